The van der Waals surface area contributed by atoms with E-state index in [4.69, 9.17) is 9.84 Å². The average molecular weight is 241 g/mol. The van der Waals surface area contributed by atoms with E-state index in [1.54, 1.807) is 0 Å². The molecule has 0 aromatic heterocycles. The number of amides is 1. The third-order valence-corrected chi connectivity index (χ3v) is 2.93. The van der Waals surface area contributed by atoms with Crippen LogP contribution >= 0.6 is 0 Å². The van der Waals surface area contributed by atoms with E-state index >= 15 is 0 Å². The van der Waals surface area contributed by atoms with Crippen molar-refractivity contribution in [3.63, 3.8) is 0 Å². The first-order valence-electron chi connectivity index (χ1n) is 5.87. The van der Waals surface area contributed by atoms with E-state index in [0.29, 0.717) is 13.0 Å². The molecule has 1 amide bonds. The normalized spacial score (nSPS) is 23.5. The van der Waals surface area contributed by atoms with E-state index in [9.17, 15) is 9.59 Å². The Morgan fingerprint density at radius 2 is 2.29 bits per heavy atom. The van der Waals surface area contributed by atoms with Crippen molar-refractivity contribution in [2.45, 2.75) is 32.2 Å². The largest absolute Gasteiger partial charge is 0.480 e. The molecule has 1 fully saturated rings. The van der Waals surface area contributed by atoms with Crippen molar-refractivity contribution in [3.8, 4) is 0 Å². The fraction of sp³-hybridized carbons (Fsp3) is 0.667. The van der Waals surface area contributed by atoms with Gasteiger partial charge in [-0.1, -0.05) is 26.0 Å². The molecule has 5 nitrogen and oxygen atoms in total. The Kier molecular flexibility index (Phi) is 5.00. The molecule has 0 bridgehead atoms. The molecule has 0 aromatic carbocycles. The Bertz CT molecular complexity index is 303. The summed E-state index contributed by atoms with van der Waals surface area (Å²) in [5.41, 5.74) is 0. The SMILES string of the molecule is C=CCOC(=O)N1C[C@H](CCC)C[C@H]1C(=O)O. The van der Waals surface area contributed by atoms with Crippen LogP contribution in [0.3, 0.4) is 0 Å². The molecule has 0 aliphatic carbocycles. The van der Waals surface area contributed by atoms with Crippen LogP contribution < -0.4 is 0 Å². The van der Waals surface area contributed by atoms with Gasteiger partial charge in [-0.25, -0.2) is 9.59 Å². The van der Waals surface area contributed by atoms with Gasteiger partial charge in [0.2, 0.25) is 0 Å². The number of carbonyl (C=O) groups excluding carboxylic acids is 1. The third kappa shape index (κ3) is 3.47. The van der Waals surface area contributed by atoms with Crippen LogP contribution in [-0.4, -0.2) is 41.3 Å². The smallest absolute Gasteiger partial charge is 0.410 e. The Labute approximate surface area is 101 Å². The maximum atomic E-state index is 11.7. The quantitative estimate of drug-likeness (QED) is 0.746. The van der Waals surface area contributed by atoms with Gasteiger partial charge in [0.1, 0.15) is 12.6 Å². The molecule has 0 aromatic rings. The van der Waals surface area contributed by atoms with Crippen LogP contribution in [0.1, 0.15) is 26.2 Å². The number of likely N-dealkylation sites (tertiary alicyclic amines) is 1. The summed E-state index contributed by atoms with van der Waals surface area (Å²) in [5.74, 6) is -0.698. The lowest BCUT2D eigenvalue weighted by atomic mass is 10.0. The van der Waals surface area contributed by atoms with Crippen LogP contribution in [0, 0.1) is 5.92 Å². The Balaban J connectivity index is 2.63. The number of aliphatic carboxylic acids is 1. The van der Waals surface area contributed by atoms with E-state index < -0.39 is 18.1 Å². The van der Waals surface area contributed by atoms with Crippen LogP contribution in [-0.2, 0) is 9.53 Å². The molecule has 1 heterocycles. The first-order chi connectivity index (χ1) is 8.10. The van der Waals surface area contributed by atoms with Gasteiger partial charge in [-0.15, -0.1) is 0 Å². The van der Waals surface area contributed by atoms with Crippen LogP contribution in [0.15, 0.2) is 12.7 Å². The highest BCUT2D eigenvalue weighted by molar-refractivity contribution is 5.80. The van der Waals surface area contributed by atoms with Gasteiger partial charge in [0.15, 0.2) is 0 Å². The molecule has 1 N–H and O–H groups in total. The molecular weight excluding hydrogens is 222 g/mol. The summed E-state index contributed by atoms with van der Waals surface area (Å²) >= 11 is 0. The molecule has 0 unspecified atom stereocenters. The number of hydrogen-bond acceptors (Lipinski definition) is 3. The van der Waals surface area contributed by atoms with Gasteiger partial charge in [-0.2, -0.15) is 0 Å². The number of ether oxygens (including phenoxy) is 1. The minimum Gasteiger partial charge on any atom is -0.480 e. The van der Waals surface area contributed by atoms with Crippen LogP contribution in [0.4, 0.5) is 4.79 Å². The Morgan fingerprint density at radius 3 is 2.82 bits per heavy atom. The second-order valence-electron chi connectivity index (χ2n) is 4.26. The average Bonchev–Trinajstić information content (AvgIpc) is 2.70. The molecule has 17 heavy (non-hydrogen) atoms. The topological polar surface area (TPSA) is 66.8 Å². The molecule has 1 rings (SSSR count). The zero-order valence-electron chi connectivity index (χ0n) is 10.1. The highest BCUT2D eigenvalue weighted by atomic mass is 16.6. The summed E-state index contributed by atoms with van der Waals surface area (Å²) in [4.78, 5) is 24.0. The lowest BCUT2D eigenvalue weighted by Crippen LogP contribution is -2.40. The van der Waals surface area contributed by atoms with Crippen molar-refractivity contribution < 1.29 is 19.4 Å². The molecule has 1 aliphatic heterocycles. The van der Waals surface area contributed by atoms with Crippen molar-refractivity contribution in [1.29, 1.82) is 0 Å². The zero-order valence-corrected chi connectivity index (χ0v) is 10.1. The maximum Gasteiger partial charge on any atom is 0.410 e. The molecule has 1 saturated heterocycles. The number of carboxylic acid groups (broad SMARTS) is 1. The third-order valence-electron chi connectivity index (χ3n) is 2.93. The molecule has 1 aliphatic rings. The highest BCUT2D eigenvalue weighted by Crippen LogP contribution is 2.27. The zero-order chi connectivity index (χ0) is 12.8. The van der Waals surface area contributed by atoms with Crippen molar-refractivity contribution in [3.05, 3.63) is 12.7 Å². The van der Waals surface area contributed by atoms with Crippen LogP contribution in [0.5, 0.6) is 0 Å². The lowest BCUT2D eigenvalue weighted by molar-refractivity contribution is -0.141. The Hall–Kier alpha value is -1.52. The van der Waals surface area contributed by atoms with E-state index in [0.717, 1.165) is 12.8 Å². The molecule has 0 radical (unpaired) electrons. The minimum absolute atomic E-state index is 0.111. The van der Waals surface area contributed by atoms with E-state index in [2.05, 4.69) is 13.5 Å². The number of hydrogen-bond donors (Lipinski definition) is 1. The highest BCUT2D eigenvalue weighted by Gasteiger charge is 2.39. The van der Waals surface area contributed by atoms with Gasteiger partial charge < -0.3 is 9.84 Å². The second-order valence-corrected chi connectivity index (χ2v) is 4.26. The Morgan fingerprint density at radius 1 is 1.59 bits per heavy atom. The maximum absolute atomic E-state index is 11.7. The van der Waals surface area contributed by atoms with Gasteiger partial charge >= 0.3 is 12.1 Å². The molecule has 0 spiro atoms. The first-order valence-corrected chi connectivity index (χ1v) is 5.87. The minimum atomic E-state index is -0.959. The van der Waals surface area contributed by atoms with E-state index in [1.165, 1.54) is 11.0 Å². The van der Waals surface area contributed by atoms with Gasteiger partial charge in [0.05, 0.1) is 0 Å². The summed E-state index contributed by atoms with van der Waals surface area (Å²) < 4.78 is 4.89. The molecule has 0 saturated carbocycles. The van der Waals surface area contributed by atoms with Crippen LogP contribution in [0.25, 0.3) is 0 Å². The monoisotopic (exact) mass is 241 g/mol. The molecular formula is C12H19NO4. The van der Waals surface area contributed by atoms with Gasteiger partial charge in [-0.3, -0.25) is 4.90 Å². The fourth-order valence-electron chi connectivity index (χ4n) is 2.19. The predicted octanol–water partition coefficient (Wildman–Crippen LogP) is 1.88. The summed E-state index contributed by atoms with van der Waals surface area (Å²) in [6, 6.07) is -0.746. The molecule has 5 heteroatoms. The number of carbonyl (C=O) groups is 2. The molecule has 2 atom stereocenters. The number of rotatable bonds is 5. The summed E-state index contributed by atoms with van der Waals surface area (Å²) in [6.45, 7) is 6.08. The summed E-state index contributed by atoms with van der Waals surface area (Å²) in [6.07, 6.45) is 3.36. The van der Waals surface area contributed by atoms with E-state index in [-0.39, 0.29) is 12.5 Å². The standard InChI is InChI=1S/C12H19NO4/c1-3-5-9-7-10(11(14)15)13(8-9)12(16)17-6-4-2/h4,9-10H,2-3,5-8H2,1H3,(H,14,15)/t9-,10+/m1/s1. The van der Waals surface area contributed by atoms with E-state index in [1.807, 2.05) is 0 Å². The summed E-state index contributed by atoms with van der Waals surface area (Å²) in [7, 11) is 0. The molecule has 96 valence electrons. The van der Waals surface area contributed by atoms with Crippen molar-refractivity contribution in [1.82, 2.24) is 4.90 Å². The van der Waals surface area contributed by atoms with Gasteiger partial charge in [0.25, 0.3) is 0 Å². The van der Waals surface area contributed by atoms with Crippen LogP contribution in [0.2, 0.25) is 0 Å². The fourth-order valence-corrected chi connectivity index (χ4v) is 2.19. The van der Waals surface area contributed by atoms with Gasteiger partial charge in [-0.05, 0) is 18.8 Å². The first kappa shape index (κ1) is 13.5. The van der Waals surface area contributed by atoms with Gasteiger partial charge in [0, 0.05) is 6.54 Å². The van der Waals surface area contributed by atoms with Crippen molar-refractivity contribution >= 4 is 12.1 Å². The predicted molar refractivity (Wildman–Crippen MR) is 62.7 cm³/mol. The van der Waals surface area contributed by atoms with Crippen molar-refractivity contribution in [2.75, 3.05) is 13.2 Å². The summed E-state index contributed by atoms with van der Waals surface area (Å²) in [5, 5.41) is 9.07. The second kappa shape index (κ2) is 6.27. The lowest BCUT2D eigenvalue weighted by Gasteiger charge is -2.20. The number of nitrogens with zero attached hydrogens (tertiary/aromatic N) is 1. The number of carboxylic acids is 1. The van der Waals surface area contributed by atoms with Crippen molar-refractivity contribution in [2.24, 2.45) is 5.92 Å².